The molecule has 0 saturated carbocycles. The molecule has 0 saturated heterocycles. The van der Waals surface area contributed by atoms with Gasteiger partial charge in [0.25, 0.3) is 0 Å². The fraction of sp³-hybridized carbons (Fsp3) is 0.100. The molecule has 72 valence electrons. The van der Waals surface area contributed by atoms with E-state index < -0.39 is 0 Å². The molecule has 0 aliphatic carbocycles. The zero-order chi connectivity index (χ0) is 10.1. The predicted octanol–water partition coefficient (Wildman–Crippen LogP) is 3.91. The van der Waals surface area contributed by atoms with Crippen LogP contribution in [0.4, 0.5) is 4.39 Å². The normalized spacial score (nSPS) is 10.5. The van der Waals surface area contributed by atoms with Crippen LogP contribution < -0.4 is 0 Å². The summed E-state index contributed by atoms with van der Waals surface area (Å²) in [5.41, 5.74) is 0.995. The Morgan fingerprint density at radius 1 is 1.43 bits per heavy atom. The van der Waals surface area contributed by atoms with Crippen LogP contribution in [0.5, 0.6) is 0 Å². The third-order valence-corrected chi connectivity index (χ3v) is 2.93. The van der Waals surface area contributed by atoms with Gasteiger partial charge in [0.05, 0.1) is 21.3 Å². The maximum absolute atomic E-state index is 13.4. The summed E-state index contributed by atoms with van der Waals surface area (Å²) in [6.45, 7) is 1.88. The van der Waals surface area contributed by atoms with Gasteiger partial charge >= 0.3 is 0 Å². The second-order valence-corrected chi connectivity index (χ2v) is 4.32. The second kappa shape index (κ2) is 3.67. The molecule has 0 spiro atoms. The molecule has 0 amide bonds. The molecule has 4 heteroatoms. The molecule has 0 aliphatic rings. The largest absolute Gasteiger partial charge is 0.241 e. The molecule has 1 aromatic carbocycles. The number of aromatic nitrogens is 1. The van der Waals surface area contributed by atoms with Gasteiger partial charge in [-0.1, -0.05) is 17.7 Å². The maximum Gasteiger partial charge on any atom is 0.134 e. The van der Waals surface area contributed by atoms with E-state index in [1.807, 2.05) is 6.92 Å². The average Bonchev–Trinajstić information content (AvgIpc) is 2.51. The molecule has 0 atom stereocenters. The van der Waals surface area contributed by atoms with Gasteiger partial charge < -0.3 is 0 Å². The fourth-order valence-electron chi connectivity index (χ4n) is 1.22. The fourth-order valence-corrected chi connectivity index (χ4v) is 2.08. The highest BCUT2D eigenvalue weighted by atomic mass is 35.5. The first-order valence-corrected chi connectivity index (χ1v) is 5.31. The molecule has 0 fully saturated rings. The van der Waals surface area contributed by atoms with Crippen LogP contribution in [0.1, 0.15) is 5.01 Å². The first kappa shape index (κ1) is 9.62. The minimum atomic E-state index is -0.331. The molecule has 2 aromatic rings. The predicted molar refractivity (Wildman–Crippen MR) is 57.3 cm³/mol. The van der Waals surface area contributed by atoms with Crippen LogP contribution in [0.3, 0.4) is 0 Å². The van der Waals surface area contributed by atoms with Crippen LogP contribution in [0.15, 0.2) is 23.6 Å². The highest BCUT2D eigenvalue weighted by Crippen LogP contribution is 2.30. The number of aryl methyl sites for hydroxylation is 1. The van der Waals surface area contributed by atoms with Gasteiger partial charge in [-0.2, -0.15) is 0 Å². The van der Waals surface area contributed by atoms with Crippen molar-refractivity contribution in [2.75, 3.05) is 0 Å². The Morgan fingerprint density at radius 2 is 2.21 bits per heavy atom. The van der Waals surface area contributed by atoms with Crippen molar-refractivity contribution in [1.29, 1.82) is 0 Å². The van der Waals surface area contributed by atoms with Gasteiger partial charge in [0.1, 0.15) is 5.82 Å². The van der Waals surface area contributed by atoms with E-state index in [-0.39, 0.29) is 5.82 Å². The lowest BCUT2D eigenvalue weighted by Gasteiger charge is -2.01. The quantitative estimate of drug-likeness (QED) is 0.720. The summed E-state index contributed by atoms with van der Waals surface area (Å²) < 4.78 is 13.4. The topological polar surface area (TPSA) is 12.9 Å². The highest BCUT2D eigenvalue weighted by Gasteiger charge is 2.11. The van der Waals surface area contributed by atoms with Crippen LogP contribution in [0.25, 0.3) is 11.3 Å². The molecule has 14 heavy (non-hydrogen) atoms. The Bertz CT molecular complexity index is 447. The molecule has 0 bridgehead atoms. The minimum Gasteiger partial charge on any atom is -0.241 e. The number of hydrogen-bond acceptors (Lipinski definition) is 2. The highest BCUT2D eigenvalue weighted by molar-refractivity contribution is 7.09. The molecule has 0 radical (unpaired) electrons. The molecule has 0 unspecified atom stereocenters. The molecule has 0 aliphatic heterocycles. The Morgan fingerprint density at radius 3 is 2.79 bits per heavy atom. The van der Waals surface area contributed by atoms with E-state index in [2.05, 4.69) is 4.98 Å². The van der Waals surface area contributed by atoms with Crippen molar-refractivity contribution in [2.45, 2.75) is 6.92 Å². The van der Waals surface area contributed by atoms with E-state index in [0.29, 0.717) is 16.3 Å². The summed E-state index contributed by atoms with van der Waals surface area (Å²) in [6.07, 6.45) is 0. The Balaban J connectivity index is 2.61. The summed E-state index contributed by atoms with van der Waals surface area (Å²) in [4.78, 5) is 4.20. The van der Waals surface area contributed by atoms with Crippen LogP contribution in [-0.2, 0) is 0 Å². The van der Waals surface area contributed by atoms with E-state index in [1.165, 1.54) is 17.4 Å². The van der Waals surface area contributed by atoms with Gasteiger partial charge in [-0.15, -0.1) is 11.3 Å². The van der Waals surface area contributed by atoms with E-state index in [1.54, 1.807) is 17.5 Å². The Hall–Kier alpha value is -0.930. The van der Waals surface area contributed by atoms with Crippen molar-refractivity contribution in [1.82, 2.24) is 4.98 Å². The van der Waals surface area contributed by atoms with E-state index in [9.17, 15) is 4.39 Å². The van der Waals surface area contributed by atoms with Gasteiger partial charge in [0.15, 0.2) is 0 Å². The number of thiazole rings is 1. The van der Waals surface area contributed by atoms with Crippen LogP contribution in [-0.4, -0.2) is 4.98 Å². The van der Waals surface area contributed by atoms with Crippen molar-refractivity contribution >= 4 is 22.9 Å². The van der Waals surface area contributed by atoms with Crippen LogP contribution >= 0.6 is 22.9 Å². The zero-order valence-corrected chi connectivity index (χ0v) is 8.99. The number of halogens is 2. The molecule has 0 N–H and O–H groups in total. The number of hydrogen-bond donors (Lipinski definition) is 0. The summed E-state index contributed by atoms with van der Waals surface area (Å²) in [5.74, 6) is -0.331. The van der Waals surface area contributed by atoms with Crippen molar-refractivity contribution < 1.29 is 4.39 Å². The van der Waals surface area contributed by atoms with Gasteiger partial charge in [-0.3, -0.25) is 0 Å². The molecular weight excluding hydrogens is 221 g/mol. The summed E-state index contributed by atoms with van der Waals surface area (Å²) in [6, 6.07) is 4.63. The van der Waals surface area contributed by atoms with E-state index >= 15 is 0 Å². The first-order valence-electron chi connectivity index (χ1n) is 4.05. The standard InChI is InChI=1S/C10H7ClFNS/c1-6-13-9(5-14-6)10-7(11)3-2-4-8(10)12/h2-5H,1H3. The smallest absolute Gasteiger partial charge is 0.134 e. The minimum absolute atomic E-state index is 0.331. The lowest BCUT2D eigenvalue weighted by molar-refractivity contribution is 0.631. The molecule has 2 rings (SSSR count). The zero-order valence-electron chi connectivity index (χ0n) is 7.42. The van der Waals surface area contributed by atoms with Gasteiger partial charge in [-0.05, 0) is 19.1 Å². The van der Waals surface area contributed by atoms with Crippen molar-refractivity contribution in [3.05, 3.63) is 39.4 Å². The van der Waals surface area contributed by atoms with Crippen molar-refractivity contribution in [2.24, 2.45) is 0 Å². The van der Waals surface area contributed by atoms with Crippen LogP contribution in [0.2, 0.25) is 5.02 Å². The molecule has 1 nitrogen and oxygen atoms in total. The third-order valence-electron chi connectivity index (χ3n) is 1.84. The summed E-state index contributed by atoms with van der Waals surface area (Å²) in [7, 11) is 0. The third kappa shape index (κ3) is 1.65. The van der Waals surface area contributed by atoms with Gasteiger partial charge in [0.2, 0.25) is 0 Å². The SMILES string of the molecule is Cc1nc(-c2c(F)cccc2Cl)cs1. The maximum atomic E-state index is 13.4. The van der Waals surface area contributed by atoms with E-state index in [0.717, 1.165) is 5.01 Å². The van der Waals surface area contributed by atoms with Gasteiger partial charge in [-0.25, -0.2) is 9.37 Å². The van der Waals surface area contributed by atoms with Crippen molar-refractivity contribution in [3.8, 4) is 11.3 Å². The van der Waals surface area contributed by atoms with Crippen LogP contribution in [0, 0.1) is 12.7 Å². The van der Waals surface area contributed by atoms with E-state index in [4.69, 9.17) is 11.6 Å². The number of rotatable bonds is 1. The number of nitrogens with zero attached hydrogens (tertiary/aromatic N) is 1. The van der Waals surface area contributed by atoms with Gasteiger partial charge in [0, 0.05) is 5.38 Å². The summed E-state index contributed by atoms with van der Waals surface area (Å²) >= 11 is 7.38. The lowest BCUT2D eigenvalue weighted by atomic mass is 10.1. The monoisotopic (exact) mass is 227 g/mol. The lowest BCUT2D eigenvalue weighted by Crippen LogP contribution is -1.85. The summed E-state index contributed by atoms with van der Waals surface area (Å²) in [5, 5.41) is 3.11. The average molecular weight is 228 g/mol. The molecular formula is C10H7ClFNS. The second-order valence-electron chi connectivity index (χ2n) is 2.85. The van der Waals surface area contributed by atoms with Crippen molar-refractivity contribution in [3.63, 3.8) is 0 Å². The molecule has 1 heterocycles. The Labute approximate surface area is 90.2 Å². The molecule has 1 aromatic heterocycles. The first-order chi connectivity index (χ1) is 6.68. The Kier molecular flexibility index (Phi) is 2.52. The number of benzene rings is 1.